The highest BCUT2D eigenvalue weighted by atomic mass is 16.6. The zero-order valence-corrected chi connectivity index (χ0v) is 6.30. The van der Waals surface area contributed by atoms with Gasteiger partial charge in [0.1, 0.15) is 5.60 Å². The summed E-state index contributed by atoms with van der Waals surface area (Å²) in [6, 6.07) is 0. The van der Waals surface area contributed by atoms with Gasteiger partial charge in [-0.25, -0.2) is 0 Å². The minimum absolute atomic E-state index is 0.0289. The summed E-state index contributed by atoms with van der Waals surface area (Å²) in [4.78, 5) is 11.4. The predicted octanol–water partition coefficient (Wildman–Crippen LogP) is 1.21. The zero-order chi connectivity index (χ0) is 7.53. The van der Waals surface area contributed by atoms with E-state index in [-0.39, 0.29) is 11.2 Å². The van der Waals surface area contributed by atoms with Gasteiger partial charge >= 0.3 is 0 Å². The van der Waals surface area contributed by atoms with Crippen molar-refractivity contribution in [1.29, 1.82) is 0 Å². The van der Waals surface area contributed by atoms with Gasteiger partial charge in [-0.1, -0.05) is 12.2 Å². The summed E-state index contributed by atoms with van der Waals surface area (Å²) in [5.41, 5.74) is -0.361. The minimum atomic E-state index is -0.332. The lowest BCUT2D eigenvalue weighted by molar-refractivity contribution is -0.123. The first kappa shape index (κ1) is 5.95. The number of rotatable bonds is 0. The van der Waals surface area contributed by atoms with E-state index in [1.165, 1.54) is 0 Å². The maximum atomic E-state index is 11.4. The number of ketones is 1. The third-order valence-corrected chi connectivity index (χ3v) is 3.29. The highest BCUT2D eigenvalue weighted by molar-refractivity contribution is 5.95. The van der Waals surface area contributed by atoms with Crippen LogP contribution in [0.25, 0.3) is 0 Å². The van der Waals surface area contributed by atoms with Gasteiger partial charge in [0.2, 0.25) is 0 Å². The quantitative estimate of drug-likeness (QED) is 0.383. The van der Waals surface area contributed by atoms with Crippen LogP contribution in [0, 0.1) is 0 Å². The minimum Gasteiger partial charge on any atom is -0.354 e. The summed E-state index contributed by atoms with van der Waals surface area (Å²) in [5, 5.41) is 0. The zero-order valence-electron chi connectivity index (χ0n) is 6.30. The van der Waals surface area contributed by atoms with Crippen LogP contribution < -0.4 is 0 Å². The molecule has 2 fully saturated rings. The monoisotopic (exact) mass is 150 g/mol. The molecule has 11 heavy (non-hydrogen) atoms. The topological polar surface area (TPSA) is 29.6 Å². The first-order chi connectivity index (χ1) is 5.29. The van der Waals surface area contributed by atoms with Gasteiger partial charge in [-0.2, -0.15) is 0 Å². The molecule has 1 aliphatic heterocycles. The summed E-state index contributed by atoms with van der Waals surface area (Å²) in [6.45, 7) is 0. The number of epoxide rings is 1. The van der Waals surface area contributed by atoms with Gasteiger partial charge in [-0.05, 0) is 12.8 Å². The Hall–Kier alpha value is -0.630. The lowest BCUT2D eigenvalue weighted by atomic mass is 9.86. The first-order valence-electron chi connectivity index (χ1n) is 4.18. The van der Waals surface area contributed by atoms with Crippen LogP contribution in [0.4, 0.5) is 0 Å². The van der Waals surface area contributed by atoms with E-state index < -0.39 is 0 Å². The summed E-state index contributed by atoms with van der Waals surface area (Å²) in [7, 11) is 0. The second kappa shape index (κ2) is 1.44. The Bertz CT molecular complexity index is 269. The molecule has 0 aromatic heterocycles. The van der Waals surface area contributed by atoms with E-state index in [0.717, 1.165) is 25.7 Å². The van der Waals surface area contributed by atoms with Gasteiger partial charge in [0.25, 0.3) is 0 Å². The van der Waals surface area contributed by atoms with Crippen molar-refractivity contribution in [1.82, 2.24) is 0 Å². The second-order valence-corrected chi connectivity index (χ2v) is 3.73. The molecular formula is C9H10O2. The smallest absolute Gasteiger partial charge is 0.168 e. The Morgan fingerprint density at radius 2 is 2.18 bits per heavy atom. The van der Waals surface area contributed by atoms with Crippen LogP contribution in [0.3, 0.4) is 0 Å². The molecule has 1 saturated heterocycles. The Balaban J connectivity index is 2.09. The maximum Gasteiger partial charge on any atom is 0.168 e. The van der Waals surface area contributed by atoms with Crippen LogP contribution >= 0.6 is 0 Å². The van der Waals surface area contributed by atoms with E-state index in [9.17, 15) is 4.79 Å². The van der Waals surface area contributed by atoms with E-state index in [2.05, 4.69) is 12.2 Å². The van der Waals surface area contributed by atoms with Crippen molar-refractivity contribution in [2.24, 2.45) is 0 Å². The molecule has 3 rings (SSSR count). The molecule has 0 aromatic rings. The summed E-state index contributed by atoms with van der Waals surface area (Å²) in [6.07, 6.45) is 7.70. The van der Waals surface area contributed by atoms with Crippen LogP contribution in [0.5, 0.6) is 0 Å². The number of hydrogen-bond donors (Lipinski definition) is 0. The van der Waals surface area contributed by atoms with E-state index in [0.29, 0.717) is 5.78 Å². The molecule has 2 nitrogen and oxygen atoms in total. The normalized spacial score (nSPS) is 52.2. The molecule has 1 saturated carbocycles. The van der Waals surface area contributed by atoms with Crippen LogP contribution in [-0.2, 0) is 9.53 Å². The molecule has 0 spiro atoms. The summed E-state index contributed by atoms with van der Waals surface area (Å²) < 4.78 is 5.59. The Morgan fingerprint density at radius 3 is 3.00 bits per heavy atom. The maximum absolute atomic E-state index is 11.4. The van der Waals surface area contributed by atoms with E-state index in [1.54, 1.807) is 0 Å². The average Bonchev–Trinajstić information content (AvgIpc) is 2.63. The van der Waals surface area contributed by atoms with Gasteiger partial charge in [0.15, 0.2) is 11.4 Å². The van der Waals surface area contributed by atoms with E-state index >= 15 is 0 Å². The van der Waals surface area contributed by atoms with Crippen molar-refractivity contribution in [3.05, 3.63) is 12.2 Å². The fraction of sp³-hybridized carbons (Fsp3) is 0.667. The summed E-state index contributed by atoms with van der Waals surface area (Å²) in [5.74, 6) is 0.335. The third kappa shape index (κ3) is 0.457. The molecule has 2 unspecified atom stereocenters. The molecule has 0 amide bonds. The SMILES string of the molecule is O=C1CCC23CC=CCC12O3. The molecule has 2 atom stereocenters. The van der Waals surface area contributed by atoms with Gasteiger partial charge < -0.3 is 4.74 Å². The molecule has 0 bridgehead atoms. The lowest BCUT2D eigenvalue weighted by Gasteiger charge is -2.10. The Labute approximate surface area is 65.2 Å². The Kier molecular flexibility index (Phi) is 0.778. The standard InChI is InChI=1S/C9H10O2/c10-7-3-6-8-4-1-2-5-9(7,8)11-8/h1-2H,3-6H2. The predicted molar refractivity (Wildman–Crippen MR) is 39.2 cm³/mol. The number of hydrogen-bond acceptors (Lipinski definition) is 2. The molecule has 2 aliphatic carbocycles. The molecule has 3 aliphatic rings. The van der Waals surface area contributed by atoms with Crippen molar-refractivity contribution < 1.29 is 9.53 Å². The van der Waals surface area contributed by atoms with Crippen LogP contribution in [-0.4, -0.2) is 17.0 Å². The van der Waals surface area contributed by atoms with Crippen molar-refractivity contribution in [3.63, 3.8) is 0 Å². The van der Waals surface area contributed by atoms with Crippen molar-refractivity contribution >= 4 is 5.78 Å². The highest BCUT2D eigenvalue weighted by Crippen LogP contribution is 2.63. The number of Topliss-reactive ketones (excluding diaryl/α,β-unsaturated/α-hetero) is 1. The third-order valence-electron chi connectivity index (χ3n) is 3.29. The largest absolute Gasteiger partial charge is 0.354 e. The molecule has 0 radical (unpaired) electrons. The fourth-order valence-electron chi connectivity index (χ4n) is 2.56. The van der Waals surface area contributed by atoms with E-state index in [4.69, 9.17) is 4.74 Å². The van der Waals surface area contributed by atoms with Gasteiger partial charge in [0, 0.05) is 12.8 Å². The lowest BCUT2D eigenvalue weighted by Crippen LogP contribution is -2.27. The van der Waals surface area contributed by atoms with Gasteiger partial charge in [-0.3, -0.25) is 4.79 Å². The van der Waals surface area contributed by atoms with Crippen LogP contribution in [0.2, 0.25) is 0 Å². The van der Waals surface area contributed by atoms with Crippen molar-refractivity contribution in [2.45, 2.75) is 36.9 Å². The van der Waals surface area contributed by atoms with Crippen LogP contribution in [0.1, 0.15) is 25.7 Å². The molecular weight excluding hydrogens is 140 g/mol. The molecule has 58 valence electrons. The van der Waals surface area contributed by atoms with Crippen molar-refractivity contribution in [2.75, 3.05) is 0 Å². The second-order valence-electron chi connectivity index (χ2n) is 3.73. The number of carbonyl (C=O) groups is 1. The number of carbonyl (C=O) groups excluding carboxylic acids is 1. The highest BCUT2D eigenvalue weighted by Gasteiger charge is 2.76. The van der Waals surface area contributed by atoms with Crippen molar-refractivity contribution in [3.8, 4) is 0 Å². The van der Waals surface area contributed by atoms with Gasteiger partial charge in [-0.15, -0.1) is 0 Å². The summed E-state index contributed by atoms with van der Waals surface area (Å²) >= 11 is 0. The van der Waals surface area contributed by atoms with E-state index in [1.807, 2.05) is 0 Å². The molecule has 0 aromatic carbocycles. The molecule has 2 heteroatoms. The van der Waals surface area contributed by atoms with Crippen LogP contribution in [0.15, 0.2) is 12.2 Å². The number of ether oxygens (including phenoxy) is 1. The molecule has 0 N–H and O–H groups in total. The fourth-order valence-corrected chi connectivity index (χ4v) is 2.56. The molecule has 1 heterocycles. The average molecular weight is 150 g/mol. The van der Waals surface area contributed by atoms with Gasteiger partial charge in [0.05, 0.1) is 0 Å². The Morgan fingerprint density at radius 1 is 1.36 bits per heavy atom. The first-order valence-corrected chi connectivity index (χ1v) is 4.18.